The number of methoxy groups -OCH3 is 1. The number of rotatable bonds is 9. The highest BCUT2D eigenvalue weighted by atomic mass is 32.2. The standard InChI is InChI=1S/C28H33F3N4O3S/c1-38-18-17-34-15-12-22(13-16-34)33-26-6-3-7-27-25(26)19-23(35(27)20-28(29,30)31)5-4-14-32-21-8-10-24(11-9-21)39(2,36)37/h3,6-11,19,22,32-33H,12-18,20H2,1-2H3. The molecule has 1 saturated heterocycles. The van der Waals surface area contributed by atoms with Crippen molar-refractivity contribution in [2.45, 2.75) is 36.5 Å². The van der Waals surface area contributed by atoms with E-state index in [1.807, 2.05) is 6.07 Å². The Morgan fingerprint density at radius 1 is 1.10 bits per heavy atom. The molecule has 1 aromatic heterocycles. The number of likely N-dealkylation sites (tertiary alicyclic amines) is 1. The molecule has 0 spiro atoms. The van der Waals surface area contributed by atoms with Crippen molar-refractivity contribution in [1.29, 1.82) is 0 Å². The summed E-state index contributed by atoms with van der Waals surface area (Å²) in [7, 11) is -1.60. The molecule has 4 rings (SSSR count). The zero-order valence-corrected chi connectivity index (χ0v) is 22.8. The van der Waals surface area contributed by atoms with Crippen LogP contribution in [0.4, 0.5) is 24.5 Å². The summed E-state index contributed by atoms with van der Waals surface area (Å²) in [6, 6.07) is 13.5. The SMILES string of the molecule is COCCN1CCC(Nc2cccc3c2cc(C#CCNc2ccc(S(C)(=O)=O)cc2)n3CC(F)(F)F)CC1. The molecule has 0 amide bonds. The van der Waals surface area contributed by atoms with Gasteiger partial charge in [-0.15, -0.1) is 0 Å². The van der Waals surface area contributed by atoms with E-state index < -0.39 is 22.6 Å². The highest BCUT2D eigenvalue weighted by Gasteiger charge is 2.30. The molecule has 0 atom stereocenters. The second-order valence-corrected chi connectivity index (χ2v) is 11.7. The van der Waals surface area contributed by atoms with Crippen molar-refractivity contribution in [2.75, 3.05) is 56.8 Å². The van der Waals surface area contributed by atoms with Gasteiger partial charge in [0.25, 0.3) is 0 Å². The maximum Gasteiger partial charge on any atom is 0.406 e. The lowest BCUT2D eigenvalue weighted by atomic mass is 10.0. The lowest BCUT2D eigenvalue weighted by molar-refractivity contribution is -0.140. The van der Waals surface area contributed by atoms with Gasteiger partial charge in [-0.2, -0.15) is 13.2 Å². The van der Waals surface area contributed by atoms with E-state index in [0.717, 1.165) is 44.4 Å². The maximum absolute atomic E-state index is 13.5. The third kappa shape index (κ3) is 7.91. The molecule has 1 aliphatic heterocycles. The summed E-state index contributed by atoms with van der Waals surface area (Å²) in [4.78, 5) is 2.56. The first kappa shape index (κ1) is 28.8. The number of alkyl halides is 3. The number of benzene rings is 2. The fourth-order valence-electron chi connectivity index (χ4n) is 4.71. The smallest absolute Gasteiger partial charge is 0.383 e. The number of anilines is 2. The molecule has 0 radical (unpaired) electrons. The van der Waals surface area contributed by atoms with Crippen molar-refractivity contribution < 1.29 is 26.3 Å². The number of halogens is 3. The first-order valence-corrected chi connectivity index (χ1v) is 14.6. The van der Waals surface area contributed by atoms with Crippen molar-refractivity contribution in [2.24, 2.45) is 0 Å². The van der Waals surface area contributed by atoms with Gasteiger partial charge in [0.2, 0.25) is 0 Å². The van der Waals surface area contributed by atoms with E-state index in [1.165, 1.54) is 16.7 Å². The number of hydrogen-bond donors (Lipinski definition) is 2. The van der Waals surface area contributed by atoms with E-state index in [2.05, 4.69) is 27.4 Å². The minimum Gasteiger partial charge on any atom is -0.383 e. The van der Waals surface area contributed by atoms with Crippen LogP contribution in [-0.4, -0.2) is 76.3 Å². The average Bonchev–Trinajstić information content (AvgIpc) is 3.22. The summed E-state index contributed by atoms with van der Waals surface area (Å²) < 4.78 is 70.1. The van der Waals surface area contributed by atoms with Crippen LogP contribution >= 0.6 is 0 Å². The summed E-state index contributed by atoms with van der Waals surface area (Å²) in [5.74, 6) is 5.80. The Hall–Kier alpha value is -3.20. The summed E-state index contributed by atoms with van der Waals surface area (Å²) in [6.07, 6.45) is -1.39. The predicted octanol–water partition coefficient (Wildman–Crippen LogP) is 4.59. The van der Waals surface area contributed by atoms with Gasteiger partial charge in [-0.05, 0) is 61.2 Å². The van der Waals surface area contributed by atoms with Crippen LogP contribution in [0.5, 0.6) is 0 Å². The largest absolute Gasteiger partial charge is 0.406 e. The van der Waals surface area contributed by atoms with Gasteiger partial charge in [-0.1, -0.05) is 12.0 Å². The van der Waals surface area contributed by atoms with Crippen molar-refractivity contribution in [1.82, 2.24) is 9.47 Å². The molecule has 0 unspecified atom stereocenters. The van der Waals surface area contributed by atoms with Crippen LogP contribution in [0.25, 0.3) is 10.9 Å². The van der Waals surface area contributed by atoms with Crippen LogP contribution in [0.3, 0.4) is 0 Å². The summed E-state index contributed by atoms with van der Waals surface area (Å²) in [5, 5.41) is 7.31. The molecule has 39 heavy (non-hydrogen) atoms. The molecule has 2 heterocycles. The second kappa shape index (κ2) is 12.3. The minimum absolute atomic E-state index is 0.179. The van der Waals surface area contributed by atoms with Gasteiger partial charge in [0.05, 0.1) is 29.3 Å². The van der Waals surface area contributed by atoms with Gasteiger partial charge >= 0.3 is 6.18 Å². The highest BCUT2D eigenvalue weighted by molar-refractivity contribution is 7.90. The molecule has 2 N–H and O–H groups in total. The van der Waals surface area contributed by atoms with Gasteiger partial charge in [0.1, 0.15) is 6.54 Å². The monoisotopic (exact) mass is 562 g/mol. The van der Waals surface area contributed by atoms with Crippen LogP contribution in [0, 0.1) is 11.8 Å². The second-order valence-electron chi connectivity index (χ2n) is 9.67. The zero-order chi connectivity index (χ0) is 28.0. The van der Waals surface area contributed by atoms with Crippen LogP contribution in [-0.2, 0) is 21.1 Å². The van der Waals surface area contributed by atoms with Crippen molar-refractivity contribution >= 4 is 32.1 Å². The molecule has 3 aromatic rings. The average molecular weight is 563 g/mol. The van der Waals surface area contributed by atoms with Gasteiger partial charge in [0, 0.05) is 55.8 Å². The van der Waals surface area contributed by atoms with Crippen molar-refractivity contribution in [3.05, 3.63) is 54.2 Å². The number of sulfone groups is 1. The molecule has 11 heteroatoms. The van der Waals surface area contributed by atoms with Crippen molar-refractivity contribution in [3.63, 3.8) is 0 Å². The predicted molar refractivity (Wildman–Crippen MR) is 148 cm³/mol. The molecular weight excluding hydrogens is 529 g/mol. The lowest BCUT2D eigenvalue weighted by Crippen LogP contribution is -2.40. The Morgan fingerprint density at radius 2 is 1.82 bits per heavy atom. The van der Waals surface area contributed by atoms with E-state index in [0.29, 0.717) is 23.2 Å². The molecule has 0 aliphatic carbocycles. The van der Waals surface area contributed by atoms with Gasteiger partial charge < -0.3 is 24.8 Å². The number of nitrogens with zero attached hydrogens (tertiary/aromatic N) is 2. The zero-order valence-electron chi connectivity index (χ0n) is 22.0. The summed E-state index contributed by atoms with van der Waals surface area (Å²) in [6.45, 7) is 2.50. The van der Waals surface area contributed by atoms with Crippen LogP contribution in [0.15, 0.2) is 53.4 Å². The van der Waals surface area contributed by atoms with Gasteiger partial charge in [-0.25, -0.2) is 8.42 Å². The molecule has 7 nitrogen and oxygen atoms in total. The normalized spacial score (nSPS) is 15.2. The van der Waals surface area contributed by atoms with E-state index >= 15 is 0 Å². The van der Waals surface area contributed by atoms with Crippen molar-refractivity contribution in [3.8, 4) is 11.8 Å². The third-order valence-corrected chi connectivity index (χ3v) is 7.85. The number of piperidine rings is 1. The highest BCUT2D eigenvalue weighted by Crippen LogP contribution is 2.31. The quantitative estimate of drug-likeness (QED) is 0.372. The maximum atomic E-state index is 13.5. The summed E-state index contributed by atoms with van der Waals surface area (Å²) >= 11 is 0. The third-order valence-electron chi connectivity index (χ3n) is 6.72. The Morgan fingerprint density at radius 3 is 2.46 bits per heavy atom. The number of hydrogen-bond acceptors (Lipinski definition) is 6. The molecule has 2 aromatic carbocycles. The van der Waals surface area contributed by atoms with Crippen LogP contribution in [0.2, 0.25) is 0 Å². The summed E-state index contributed by atoms with van der Waals surface area (Å²) in [5.41, 5.74) is 2.21. The Balaban J connectivity index is 1.51. The van der Waals surface area contributed by atoms with E-state index in [9.17, 15) is 21.6 Å². The van der Waals surface area contributed by atoms with Gasteiger partial charge in [-0.3, -0.25) is 0 Å². The number of aromatic nitrogens is 1. The fraction of sp³-hybridized carbons (Fsp3) is 0.429. The molecular formula is C28H33F3N4O3S. The Labute approximate surface area is 227 Å². The molecule has 0 saturated carbocycles. The number of nitrogens with one attached hydrogen (secondary N) is 2. The number of ether oxygens (including phenoxy) is 1. The molecule has 0 bridgehead atoms. The van der Waals surface area contributed by atoms with E-state index in [1.54, 1.807) is 37.4 Å². The number of fused-ring (bicyclic) bond motifs is 1. The minimum atomic E-state index is -4.40. The van der Waals surface area contributed by atoms with E-state index in [-0.39, 0.29) is 23.2 Å². The Kier molecular flexibility index (Phi) is 9.10. The lowest BCUT2D eigenvalue weighted by Gasteiger charge is -2.32. The molecule has 1 fully saturated rings. The fourth-order valence-corrected chi connectivity index (χ4v) is 5.34. The first-order valence-electron chi connectivity index (χ1n) is 12.7. The molecule has 210 valence electrons. The van der Waals surface area contributed by atoms with Gasteiger partial charge in [0.15, 0.2) is 9.84 Å². The van der Waals surface area contributed by atoms with E-state index in [4.69, 9.17) is 4.74 Å². The van der Waals surface area contributed by atoms with Crippen LogP contribution < -0.4 is 10.6 Å². The topological polar surface area (TPSA) is 75.6 Å². The first-order chi connectivity index (χ1) is 18.5. The Bertz CT molecular complexity index is 1430. The molecule has 1 aliphatic rings. The van der Waals surface area contributed by atoms with Crippen LogP contribution in [0.1, 0.15) is 18.5 Å².